The lowest BCUT2D eigenvalue weighted by molar-refractivity contribution is 0.0695. The van der Waals surface area contributed by atoms with Crippen LogP contribution in [-0.2, 0) is 20.0 Å². The van der Waals surface area contributed by atoms with Gasteiger partial charge in [-0.25, -0.2) is 23.5 Å². The fraction of sp³-hybridized carbons (Fsp3) is 0.214. The van der Waals surface area contributed by atoms with E-state index in [1.54, 1.807) is 38.2 Å². The van der Waals surface area contributed by atoms with E-state index in [9.17, 15) is 28.7 Å². The zero-order valence-electron chi connectivity index (χ0n) is 21.9. The van der Waals surface area contributed by atoms with Gasteiger partial charge >= 0.3 is 11.7 Å². The minimum atomic E-state index is -1.02. The van der Waals surface area contributed by atoms with Gasteiger partial charge in [-0.2, -0.15) is 5.10 Å². The molecule has 0 saturated carbocycles. The van der Waals surface area contributed by atoms with Crippen molar-refractivity contribution in [3.8, 4) is 0 Å². The summed E-state index contributed by atoms with van der Waals surface area (Å²) in [6, 6.07) is 9.05. The van der Waals surface area contributed by atoms with Gasteiger partial charge in [0.25, 0.3) is 11.8 Å². The second-order valence-corrected chi connectivity index (χ2v) is 9.84. The van der Waals surface area contributed by atoms with E-state index in [4.69, 9.17) is 4.42 Å². The molecule has 0 radical (unpaired) electrons. The number of aryl methyl sites for hydroxylation is 1. The summed E-state index contributed by atoms with van der Waals surface area (Å²) in [6.45, 7) is 1.81. The molecule has 208 valence electrons. The zero-order chi connectivity index (χ0) is 29.0. The standard InChI is InChI=1S/C28H23FN6O6/c1-13-15-6-7-19(17(15)5-4-16(13)27(38)39)33-26(37)22-10-20(32-24-18(29)12-31-35(22)24)25(36)30-11-14-3-8-23-21(9-14)34(2)28(40)41-23/h3-5,8-10,12,19H,6-7,11H2,1-2H3,(H,30,36)(H,33,37)(H,38,39)/t19-/m1/s1. The summed E-state index contributed by atoms with van der Waals surface area (Å²) in [5, 5.41) is 19.0. The fourth-order valence-electron chi connectivity index (χ4n) is 5.26. The first-order chi connectivity index (χ1) is 19.6. The molecule has 0 unspecified atom stereocenters. The van der Waals surface area contributed by atoms with Gasteiger partial charge < -0.3 is 20.2 Å². The van der Waals surface area contributed by atoms with E-state index in [1.165, 1.54) is 16.7 Å². The molecule has 41 heavy (non-hydrogen) atoms. The highest BCUT2D eigenvalue weighted by molar-refractivity contribution is 5.98. The number of halogens is 1. The van der Waals surface area contributed by atoms with Crippen LogP contribution in [0.2, 0.25) is 0 Å². The molecule has 0 spiro atoms. The summed E-state index contributed by atoms with van der Waals surface area (Å²) in [7, 11) is 1.57. The van der Waals surface area contributed by atoms with Crippen molar-refractivity contribution in [2.45, 2.75) is 32.4 Å². The average Bonchev–Trinajstić information content (AvgIpc) is 3.62. The molecule has 0 fully saturated rings. The molecule has 13 heteroatoms. The number of fused-ring (bicyclic) bond motifs is 3. The number of hydrogen-bond donors (Lipinski definition) is 3. The van der Waals surface area contributed by atoms with Gasteiger partial charge in [-0.05, 0) is 60.2 Å². The molecule has 1 aliphatic carbocycles. The van der Waals surface area contributed by atoms with E-state index < -0.39 is 35.4 Å². The van der Waals surface area contributed by atoms with E-state index in [2.05, 4.69) is 20.7 Å². The van der Waals surface area contributed by atoms with Crippen LogP contribution in [-0.4, -0.2) is 42.1 Å². The van der Waals surface area contributed by atoms with E-state index in [-0.39, 0.29) is 29.1 Å². The highest BCUT2D eigenvalue weighted by Crippen LogP contribution is 2.35. The van der Waals surface area contributed by atoms with Crippen molar-refractivity contribution in [1.82, 2.24) is 29.8 Å². The average molecular weight is 559 g/mol. The summed E-state index contributed by atoms with van der Waals surface area (Å²) in [5.41, 5.74) is 3.63. The number of carbonyl (C=O) groups is 3. The van der Waals surface area contributed by atoms with Crippen LogP contribution in [0.15, 0.2) is 51.8 Å². The lowest BCUT2D eigenvalue weighted by Crippen LogP contribution is -2.30. The third kappa shape index (κ3) is 4.40. The number of aromatic carboxylic acids is 1. The molecule has 1 atom stereocenters. The first kappa shape index (κ1) is 25.9. The molecule has 1 aliphatic rings. The van der Waals surface area contributed by atoms with Crippen LogP contribution in [0.1, 0.15) is 66.1 Å². The fourth-order valence-corrected chi connectivity index (χ4v) is 5.26. The Kier molecular flexibility index (Phi) is 6.13. The maximum absolute atomic E-state index is 14.5. The van der Waals surface area contributed by atoms with Crippen molar-refractivity contribution in [2.75, 3.05) is 0 Å². The van der Waals surface area contributed by atoms with Gasteiger partial charge in [0.1, 0.15) is 11.4 Å². The maximum atomic E-state index is 14.5. The molecule has 0 bridgehead atoms. The Bertz CT molecular complexity index is 1970. The van der Waals surface area contributed by atoms with E-state index in [0.29, 0.717) is 35.1 Å². The topological polar surface area (TPSA) is 161 Å². The van der Waals surface area contributed by atoms with Gasteiger partial charge in [0.2, 0.25) is 0 Å². The van der Waals surface area contributed by atoms with Gasteiger partial charge in [0.15, 0.2) is 17.0 Å². The molecule has 3 aromatic heterocycles. The minimum Gasteiger partial charge on any atom is -0.478 e. The molecule has 3 heterocycles. The third-order valence-electron chi connectivity index (χ3n) is 7.43. The SMILES string of the molecule is Cc1c(C(=O)O)ccc2c1CC[C@H]2NC(=O)c1cc(C(=O)NCc2ccc3oc(=O)n(C)c3c2)nc2c(F)cnn12. The van der Waals surface area contributed by atoms with Crippen LogP contribution in [0.4, 0.5) is 4.39 Å². The molecule has 2 aromatic carbocycles. The summed E-state index contributed by atoms with van der Waals surface area (Å²) < 4.78 is 22.0. The second kappa shape index (κ2) is 9.70. The maximum Gasteiger partial charge on any atom is 0.419 e. The Morgan fingerprint density at radius 1 is 1.17 bits per heavy atom. The molecule has 2 amide bonds. The predicted molar refractivity (Wildman–Crippen MR) is 142 cm³/mol. The van der Waals surface area contributed by atoms with Crippen molar-refractivity contribution >= 4 is 34.5 Å². The molecule has 0 aliphatic heterocycles. The normalized spacial score (nSPS) is 14.4. The largest absolute Gasteiger partial charge is 0.478 e. The molecule has 0 saturated heterocycles. The third-order valence-corrected chi connectivity index (χ3v) is 7.43. The number of benzene rings is 2. The van der Waals surface area contributed by atoms with Gasteiger partial charge in [0.05, 0.1) is 23.3 Å². The zero-order valence-corrected chi connectivity index (χ0v) is 21.9. The molecular formula is C28H23FN6O6. The lowest BCUT2D eigenvalue weighted by atomic mass is 9.98. The molecule has 3 N–H and O–H groups in total. The van der Waals surface area contributed by atoms with Gasteiger partial charge in [0, 0.05) is 19.7 Å². The minimum absolute atomic E-state index is 0.0703. The number of oxazole rings is 1. The summed E-state index contributed by atoms with van der Waals surface area (Å²) in [4.78, 5) is 53.8. The van der Waals surface area contributed by atoms with E-state index in [0.717, 1.165) is 21.8 Å². The van der Waals surface area contributed by atoms with Gasteiger partial charge in [-0.1, -0.05) is 12.1 Å². The number of nitrogens with one attached hydrogen (secondary N) is 2. The Hall–Kier alpha value is -5.33. The predicted octanol–water partition coefficient (Wildman–Crippen LogP) is 2.67. The van der Waals surface area contributed by atoms with Crippen LogP contribution in [0.5, 0.6) is 0 Å². The van der Waals surface area contributed by atoms with Crippen molar-refractivity contribution < 1.29 is 28.3 Å². The molecule has 5 aromatic rings. The number of carbonyl (C=O) groups excluding carboxylic acids is 2. The number of nitrogens with zero attached hydrogens (tertiary/aromatic N) is 4. The number of amides is 2. The summed E-state index contributed by atoms with van der Waals surface area (Å²) in [6.07, 6.45) is 2.04. The van der Waals surface area contributed by atoms with Crippen LogP contribution in [0.25, 0.3) is 16.7 Å². The molecule has 12 nitrogen and oxygen atoms in total. The highest BCUT2D eigenvalue weighted by Gasteiger charge is 2.29. The molecule has 6 rings (SSSR count). The van der Waals surface area contributed by atoms with Gasteiger partial charge in [-0.3, -0.25) is 14.2 Å². The Morgan fingerprint density at radius 3 is 2.76 bits per heavy atom. The monoisotopic (exact) mass is 558 g/mol. The van der Waals surface area contributed by atoms with Crippen molar-refractivity contribution in [3.63, 3.8) is 0 Å². The van der Waals surface area contributed by atoms with Crippen molar-refractivity contribution in [2.24, 2.45) is 7.05 Å². The number of hydrogen-bond acceptors (Lipinski definition) is 7. The first-order valence-corrected chi connectivity index (χ1v) is 12.7. The van der Waals surface area contributed by atoms with Crippen molar-refractivity contribution in [3.05, 3.63) is 98.2 Å². The smallest absolute Gasteiger partial charge is 0.419 e. The van der Waals surface area contributed by atoms with E-state index >= 15 is 0 Å². The van der Waals surface area contributed by atoms with Crippen LogP contribution in [0.3, 0.4) is 0 Å². The molecular weight excluding hydrogens is 535 g/mol. The number of rotatable bonds is 6. The Balaban J connectivity index is 1.26. The second-order valence-electron chi connectivity index (χ2n) is 9.84. The van der Waals surface area contributed by atoms with Crippen molar-refractivity contribution in [1.29, 1.82) is 0 Å². The van der Waals surface area contributed by atoms with Gasteiger partial charge in [-0.15, -0.1) is 0 Å². The van der Waals surface area contributed by atoms with E-state index in [1.807, 2.05) is 0 Å². The summed E-state index contributed by atoms with van der Waals surface area (Å²) in [5.74, 6) is -3.57. The summed E-state index contributed by atoms with van der Waals surface area (Å²) >= 11 is 0. The first-order valence-electron chi connectivity index (χ1n) is 12.7. The highest BCUT2D eigenvalue weighted by atomic mass is 19.1. The lowest BCUT2D eigenvalue weighted by Gasteiger charge is -2.16. The quantitative estimate of drug-likeness (QED) is 0.287. The Labute approximate surface area is 230 Å². The number of carboxylic acids is 1. The number of carboxylic acid groups (broad SMARTS) is 1. The number of aromatic nitrogens is 4. The van der Waals surface area contributed by atoms with Crippen LogP contribution < -0.4 is 16.4 Å². The van der Waals surface area contributed by atoms with Crippen LogP contribution in [0, 0.1) is 12.7 Å². The van der Waals surface area contributed by atoms with Crippen LogP contribution >= 0.6 is 0 Å². The Morgan fingerprint density at radius 2 is 1.98 bits per heavy atom.